The van der Waals surface area contributed by atoms with E-state index in [0.717, 1.165) is 6.07 Å². The van der Waals surface area contributed by atoms with Crippen molar-refractivity contribution in [3.8, 4) is 11.5 Å². The number of anilines is 1. The number of aliphatic hydroxyl groups is 1. The van der Waals surface area contributed by atoms with Crippen LogP contribution in [0.5, 0.6) is 11.5 Å². The van der Waals surface area contributed by atoms with Crippen LogP contribution in [0, 0.1) is 10.1 Å². The third-order valence-electron chi connectivity index (χ3n) is 5.39. The summed E-state index contributed by atoms with van der Waals surface area (Å²) in [5.41, 5.74) is -0.151. The third-order valence-corrected chi connectivity index (χ3v) is 5.39. The number of ether oxygens (including phenoxy) is 2. The van der Waals surface area contributed by atoms with Gasteiger partial charge in [-0.25, -0.2) is 0 Å². The second-order valence-corrected chi connectivity index (χ2v) is 7.32. The number of benzene rings is 2. The number of amides is 1. The van der Waals surface area contributed by atoms with E-state index in [1.54, 1.807) is 30.3 Å². The first-order valence-corrected chi connectivity index (χ1v) is 9.94. The molecule has 5 rings (SSSR count). The summed E-state index contributed by atoms with van der Waals surface area (Å²) in [6, 6.07) is 12.1. The number of carbonyl (C=O) groups is 2. The zero-order valence-corrected chi connectivity index (χ0v) is 17.0. The van der Waals surface area contributed by atoms with Crippen LogP contribution in [0.25, 0.3) is 5.76 Å². The molecule has 1 fully saturated rings. The predicted molar refractivity (Wildman–Crippen MR) is 114 cm³/mol. The van der Waals surface area contributed by atoms with Gasteiger partial charge in [0, 0.05) is 29.4 Å². The van der Waals surface area contributed by atoms with Gasteiger partial charge in [0.25, 0.3) is 17.4 Å². The minimum Gasteiger partial charge on any atom is -0.507 e. The van der Waals surface area contributed by atoms with Crippen LogP contribution in [0.15, 0.2) is 70.9 Å². The van der Waals surface area contributed by atoms with E-state index in [1.165, 1.54) is 29.4 Å². The Balaban J connectivity index is 1.67. The van der Waals surface area contributed by atoms with Crippen molar-refractivity contribution in [3.05, 3.63) is 87.9 Å². The Kier molecular flexibility index (Phi) is 4.82. The molecule has 0 aliphatic carbocycles. The Bertz CT molecular complexity index is 1310. The molecule has 1 amide bonds. The zero-order chi connectivity index (χ0) is 23.1. The van der Waals surface area contributed by atoms with Gasteiger partial charge in [0.05, 0.1) is 16.8 Å². The summed E-state index contributed by atoms with van der Waals surface area (Å²) >= 11 is 0. The summed E-state index contributed by atoms with van der Waals surface area (Å²) < 4.78 is 16.6. The first-order chi connectivity index (χ1) is 16.0. The monoisotopic (exact) mass is 448 g/mol. The van der Waals surface area contributed by atoms with Crippen LogP contribution in [-0.4, -0.2) is 34.9 Å². The van der Waals surface area contributed by atoms with Crippen LogP contribution < -0.4 is 14.4 Å². The van der Waals surface area contributed by atoms with Gasteiger partial charge in [0.2, 0.25) is 0 Å². The number of non-ortho nitro benzene ring substituents is 1. The highest BCUT2D eigenvalue weighted by Gasteiger charge is 2.48. The lowest BCUT2D eigenvalue weighted by atomic mass is 9.99. The Morgan fingerprint density at radius 1 is 1.03 bits per heavy atom. The third kappa shape index (κ3) is 3.37. The van der Waals surface area contributed by atoms with E-state index in [1.807, 2.05) is 0 Å². The maximum Gasteiger partial charge on any atom is 0.300 e. The zero-order valence-electron chi connectivity index (χ0n) is 17.0. The Morgan fingerprint density at radius 2 is 1.82 bits per heavy atom. The molecule has 0 spiro atoms. The van der Waals surface area contributed by atoms with E-state index in [9.17, 15) is 24.8 Å². The van der Waals surface area contributed by atoms with Crippen LogP contribution in [0.3, 0.4) is 0 Å². The minimum absolute atomic E-state index is 0.0286. The fourth-order valence-electron chi connectivity index (χ4n) is 3.92. The Hall–Kier alpha value is -4.60. The van der Waals surface area contributed by atoms with Crippen molar-refractivity contribution in [3.63, 3.8) is 0 Å². The highest BCUT2D eigenvalue weighted by molar-refractivity contribution is 6.51. The van der Waals surface area contributed by atoms with Gasteiger partial charge in [-0.3, -0.25) is 24.6 Å². The van der Waals surface area contributed by atoms with E-state index < -0.39 is 28.4 Å². The molecule has 0 bridgehead atoms. The summed E-state index contributed by atoms with van der Waals surface area (Å²) in [6.07, 6.45) is 1.38. The summed E-state index contributed by atoms with van der Waals surface area (Å²) in [6.45, 7) is 0.732. The summed E-state index contributed by atoms with van der Waals surface area (Å²) in [5.74, 6) is -1.23. The second-order valence-electron chi connectivity index (χ2n) is 7.32. The summed E-state index contributed by atoms with van der Waals surface area (Å²) in [5, 5.41) is 22.2. The molecule has 2 aliphatic rings. The molecule has 1 N–H and O–H groups in total. The van der Waals surface area contributed by atoms with E-state index in [2.05, 4.69) is 0 Å². The number of fused-ring (bicyclic) bond motifs is 1. The number of hydrogen-bond donors (Lipinski definition) is 1. The maximum atomic E-state index is 13.1. The van der Waals surface area contributed by atoms with Gasteiger partial charge in [-0.2, -0.15) is 0 Å². The van der Waals surface area contributed by atoms with Crippen molar-refractivity contribution in [2.45, 2.75) is 6.04 Å². The number of nitro benzene ring substituents is 1. The van der Waals surface area contributed by atoms with Gasteiger partial charge < -0.3 is 19.0 Å². The quantitative estimate of drug-likeness (QED) is 0.211. The molecule has 0 saturated carbocycles. The molecule has 1 saturated heterocycles. The lowest BCUT2D eigenvalue weighted by Crippen LogP contribution is -2.29. The van der Waals surface area contributed by atoms with Gasteiger partial charge in [-0.15, -0.1) is 0 Å². The highest BCUT2D eigenvalue weighted by Crippen LogP contribution is 2.44. The van der Waals surface area contributed by atoms with Crippen molar-refractivity contribution in [1.29, 1.82) is 0 Å². The molecule has 2 aromatic carbocycles. The van der Waals surface area contributed by atoms with Gasteiger partial charge >= 0.3 is 0 Å². The molecule has 1 aromatic heterocycles. The molecular formula is C23H16N2O8. The number of carbonyl (C=O) groups excluding carboxylic acids is 2. The predicted octanol–water partition coefficient (Wildman–Crippen LogP) is 3.59. The average Bonchev–Trinajstić information content (AvgIpc) is 3.45. The normalized spacial score (nSPS) is 19.0. The fraction of sp³-hybridized carbons (Fsp3) is 0.130. The minimum atomic E-state index is -1.10. The number of ketones is 1. The molecule has 2 aliphatic heterocycles. The first kappa shape index (κ1) is 20.3. The van der Waals surface area contributed by atoms with Crippen molar-refractivity contribution in [2.75, 3.05) is 18.1 Å². The van der Waals surface area contributed by atoms with E-state index in [0.29, 0.717) is 30.4 Å². The largest absolute Gasteiger partial charge is 0.507 e. The van der Waals surface area contributed by atoms with Crippen LogP contribution in [0.2, 0.25) is 0 Å². The number of nitro groups is 1. The number of furan rings is 1. The van der Waals surface area contributed by atoms with E-state index in [4.69, 9.17) is 13.9 Å². The molecule has 1 unspecified atom stereocenters. The summed E-state index contributed by atoms with van der Waals surface area (Å²) in [4.78, 5) is 37.9. The van der Waals surface area contributed by atoms with Crippen molar-refractivity contribution >= 4 is 28.8 Å². The van der Waals surface area contributed by atoms with Crippen LogP contribution in [0.1, 0.15) is 17.4 Å². The fourth-order valence-corrected chi connectivity index (χ4v) is 3.92. The molecule has 0 radical (unpaired) electrons. The van der Waals surface area contributed by atoms with Gasteiger partial charge in [-0.05, 0) is 24.3 Å². The number of rotatable bonds is 4. The molecule has 166 valence electrons. The van der Waals surface area contributed by atoms with Crippen LogP contribution in [0.4, 0.5) is 11.4 Å². The van der Waals surface area contributed by atoms with E-state index in [-0.39, 0.29) is 22.6 Å². The standard InChI is InChI=1S/C23H16N2O8/c26-21(13-3-1-4-15(11-13)25(29)30)19-20(17-5-2-8-31-17)24(23(28)22(19)27)14-6-7-16-18(12-14)33-10-9-32-16/h1-8,11-12,20,26H,9-10H2/b21-19-. The molecule has 3 aromatic rings. The topological polar surface area (TPSA) is 132 Å². The van der Waals surface area contributed by atoms with Crippen LogP contribution >= 0.6 is 0 Å². The average molecular weight is 448 g/mol. The smallest absolute Gasteiger partial charge is 0.300 e. The highest BCUT2D eigenvalue weighted by atomic mass is 16.6. The van der Waals surface area contributed by atoms with Crippen LogP contribution in [-0.2, 0) is 9.59 Å². The molecule has 10 heteroatoms. The molecule has 33 heavy (non-hydrogen) atoms. The first-order valence-electron chi connectivity index (χ1n) is 9.94. The lowest BCUT2D eigenvalue weighted by Gasteiger charge is -2.25. The second kappa shape index (κ2) is 7.83. The van der Waals surface area contributed by atoms with Gasteiger partial charge in [0.15, 0.2) is 11.5 Å². The lowest BCUT2D eigenvalue weighted by molar-refractivity contribution is -0.384. The molecule has 1 atom stereocenters. The Labute approximate surface area is 186 Å². The van der Waals surface area contributed by atoms with Gasteiger partial charge in [-0.1, -0.05) is 12.1 Å². The molecular weight excluding hydrogens is 432 g/mol. The molecule has 10 nitrogen and oxygen atoms in total. The maximum absolute atomic E-state index is 13.1. The van der Waals surface area contributed by atoms with E-state index >= 15 is 0 Å². The molecule has 3 heterocycles. The van der Waals surface area contributed by atoms with Crippen molar-refractivity contribution in [1.82, 2.24) is 0 Å². The van der Waals surface area contributed by atoms with Crippen molar-refractivity contribution < 1.29 is 33.5 Å². The van der Waals surface area contributed by atoms with Crippen molar-refractivity contribution in [2.24, 2.45) is 0 Å². The number of hydrogen-bond acceptors (Lipinski definition) is 8. The number of nitrogens with zero attached hydrogens (tertiary/aromatic N) is 2. The number of Topliss-reactive ketones (excluding diaryl/α,β-unsaturated/α-hetero) is 1. The Morgan fingerprint density at radius 3 is 2.55 bits per heavy atom. The SMILES string of the molecule is O=C1C(=O)N(c2ccc3c(c2)OCCO3)C(c2ccco2)/C1=C(/O)c1cccc([N+](=O)[O-])c1. The summed E-state index contributed by atoms with van der Waals surface area (Å²) in [7, 11) is 0. The van der Waals surface area contributed by atoms with Gasteiger partial charge in [0.1, 0.15) is 30.8 Å². The number of aliphatic hydroxyl groups excluding tert-OH is 1.